The Labute approximate surface area is 92.1 Å². The van der Waals surface area contributed by atoms with Gasteiger partial charge in [0, 0.05) is 12.5 Å². The summed E-state index contributed by atoms with van der Waals surface area (Å²) < 4.78 is 0. The molecule has 0 aromatic carbocycles. The van der Waals surface area contributed by atoms with Crippen LogP contribution in [-0.2, 0) is 4.79 Å². The lowest BCUT2D eigenvalue weighted by molar-refractivity contribution is -0.121. The summed E-state index contributed by atoms with van der Waals surface area (Å²) in [5.74, 6) is 0.245. The Bertz CT molecular complexity index is 251. The van der Waals surface area contributed by atoms with Gasteiger partial charge in [-0.1, -0.05) is 24.5 Å². The topological polar surface area (TPSA) is 29.1 Å². The van der Waals surface area contributed by atoms with Gasteiger partial charge in [0.2, 0.25) is 5.91 Å². The SMILES string of the molecule is O=C(CC1=CCCCC1)NC1CCCC1. The second-order valence-corrected chi connectivity index (χ2v) is 4.83. The Morgan fingerprint density at radius 3 is 2.73 bits per heavy atom. The van der Waals surface area contributed by atoms with E-state index in [1.165, 1.54) is 50.5 Å². The van der Waals surface area contributed by atoms with Crippen LogP contribution in [0.2, 0.25) is 0 Å². The molecule has 0 heterocycles. The third-order valence-corrected chi connectivity index (χ3v) is 3.49. The average molecular weight is 207 g/mol. The number of amides is 1. The van der Waals surface area contributed by atoms with Gasteiger partial charge < -0.3 is 5.32 Å². The molecular weight excluding hydrogens is 186 g/mol. The van der Waals surface area contributed by atoms with Gasteiger partial charge >= 0.3 is 0 Å². The number of hydrogen-bond acceptors (Lipinski definition) is 1. The number of rotatable bonds is 3. The van der Waals surface area contributed by atoms with E-state index in [4.69, 9.17) is 0 Å². The van der Waals surface area contributed by atoms with Gasteiger partial charge in [-0.25, -0.2) is 0 Å². The maximum absolute atomic E-state index is 11.7. The molecular formula is C13H21NO. The fourth-order valence-electron chi connectivity index (χ4n) is 2.62. The molecule has 0 aliphatic heterocycles. The monoisotopic (exact) mass is 207 g/mol. The summed E-state index contributed by atoms with van der Waals surface area (Å²) in [5, 5.41) is 3.15. The van der Waals surface area contributed by atoms with E-state index in [2.05, 4.69) is 11.4 Å². The number of hydrogen-bond donors (Lipinski definition) is 1. The summed E-state index contributed by atoms with van der Waals surface area (Å²) in [6, 6.07) is 0.474. The Kier molecular flexibility index (Phi) is 3.81. The van der Waals surface area contributed by atoms with Gasteiger partial charge in [0.05, 0.1) is 0 Å². The number of allylic oxidation sites excluding steroid dienone is 1. The average Bonchev–Trinajstić information content (AvgIpc) is 2.71. The van der Waals surface area contributed by atoms with Crippen molar-refractivity contribution < 1.29 is 4.79 Å². The highest BCUT2D eigenvalue weighted by Crippen LogP contribution is 2.21. The van der Waals surface area contributed by atoms with Crippen molar-refractivity contribution in [3.05, 3.63) is 11.6 Å². The normalized spacial score (nSPS) is 22.5. The first-order valence-electron chi connectivity index (χ1n) is 6.32. The van der Waals surface area contributed by atoms with E-state index in [0.717, 1.165) is 6.42 Å². The zero-order chi connectivity index (χ0) is 10.5. The van der Waals surface area contributed by atoms with Crippen LogP contribution >= 0.6 is 0 Å². The molecule has 2 aliphatic rings. The summed E-state index contributed by atoms with van der Waals surface area (Å²) in [4.78, 5) is 11.7. The summed E-state index contributed by atoms with van der Waals surface area (Å²) in [6.45, 7) is 0. The summed E-state index contributed by atoms with van der Waals surface area (Å²) in [6.07, 6.45) is 12.7. The van der Waals surface area contributed by atoms with E-state index in [9.17, 15) is 4.79 Å². The van der Waals surface area contributed by atoms with Crippen LogP contribution in [0.4, 0.5) is 0 Å². The fourth-order valence-corrected chi connectivity index (χ4v) is 2.62. The van der Waals surface area contributed by atoms with E-state index >= 15 is 0 Å². The lowest BCUT2D eigenvalue weighted by Crippen LogP contribution is -2.32. The third kappa shape index (κ3) is 3.37. The highest BCUT2D eigenvalue weighted by atomic mass is 16.1. The fraction of sp³-hybridized carbons (Fsp3) is 0.769. The smallest absolute Gasteiger partial charge is 0.224 e. The molecule has 1 saturated carbocycles. The molecule has 0 unspecified atom stereocenters. The van der Waals surface area contributed by atoms with Crippen LogP contribution in [0.1, 0.15) is 57.8 Å². The molecule has 2 heteroatoms. The van der Waals surface area contributed by atoms with Crippen molar-refractivity contribution in [2.45, 2.75) is 63.8 Å². The standard InChI is InChI=1S/C13H21NO/c15-13(14-12-8-4-5-9-12)10-11-6-2-1-3-7-11/h6,12H,1-5,7-10H2,(H,14,15). The van der Waals surface area contributed by atoms with Gasteiger partial charge in [0.15, 0.2) is 0 Å². The second kappa shape index (κ2) is 5.34. The lowest BCUT2D eigenvalue weighted by atomic mass is 9.97. The van der Waals surface area contributed by atoms with Gasteiger partial charge in [-0.3, -0.25) is 4.79 Å². The Hall–Kier alpha value is -0.790. The molecule has 0 aromatic rings. The Morgan fingerprint density at radius 2 is 2.07 bits per heavy atom. The maximum Gasteiger partial charge on any atom is 0.224 e. The first-order chi connectivity index (χ1) is 7.34. The second-order valence-electron chi connectivity index (χ2n) is 4.83. The molecule has 15 heavy (non-hydrogen) atoms. The first kappa shape index (κ1) is 10.7. The molecule has 0 bridgehead atoms. The van der Waals surface area contributed by atoms with Gasteiger partial charge in [0.1, 0.15) is 0 Å². The highest BCUT2D eigenvalue weighted by molar-refractivity contribution is 5.78. The molecule has 2 nitrogen and oxygen atoms in total. The molecule has 0 atom stereocenters. The van der Waals surface area contributed by atoms with Crippen LogP contribution in [0.15, 0.2) is 11.6 Å². The molecule has 1 amide bonds. The molecule has 1 fully saturated rings. The first-order valence-corrected chi connectivity index (χ1v) is 6.32. The van der Waals surface area contributed by atoms with E-state index in [0.29, 0.717) is 12.5 Å². The minimum atomic E-state index is 0.245. The molecule has 0 saturated heterocycles. The third-order valence-electron chi connectivity index (χ3n) is 3.49. The van der Waals surface area contributed by atoms with Crippen LogP contribution in [0.3, 0.4) is 0 Å². The number of nitrogens with one attached hydrogen (secondary N) is 1. The van der Waals surface area contributed by atoms with Gasteiger partial charge in [-0.2, -0.15) is 0 Å². The van der Waals surface area contributed by atoms with E-state index in [1.54, 1.807) is 0 Å². The Morgan fingerprint density at radius 1 is 1.27 bits per heavy atom. The van der Waals surface area contributed by atoms with Crippen LogP contribution in [0.25, 0.3) is 0 Å². The Balaban J connectivity index is 1.73. The van der Waals surface area contributed by atoms with Gasteiger partial charge in [0.25, 0.3) is 0 Å². The van der Waals surface area contributed by atoms with Crippen LogP contribution < -0.4 is 5.32 Å². The van der Waals surface area contributed by atoms with Crippen molar-refractivity contribution in [3.8, 4) is 0 Å². The van der Waals surface area contributed by atoms with Crippen LogP contribution in [0, 0.1) is 0 Å². The van der Waals surface area contributed by atoms with Crippen molar-refractivity contribution in [2.75, 3.05) is 0 Å². The van der Waals surface area contributed by atoms with E-state index in [-0.39, 0.29) is 5.91 Å². The van der Waals surface area contributed by atoms with Crippen molar-refractivity contribution in [1.82, 2.24) is 5.32 Å². The zero-order valence-corrected chi connectivity index (χ0v) is 9.43. The van der Waals surface area contributed by atoms with Crippen molar-refractivity contribution in [3.63, 3.8) is 0 Å². The minimum Gasteiger partial charge on any atom is -0.353 e. The summed E-state index contributed by atoms with van der Waals surface area (Å²) in [5.41, 5.74) is 1.36. The van der Waals surface area contributed by atoms with Crippen LogP contribution in [-0.4, -0.2) is 11.9 Å². The number of carbonyl (C=O) groups excluding carboxylic acids is 1. The van der Waals surface area contributed by atoms with Crippen molar-refractivity contribution >= 4 is 5.91 Å². The summed E-state index contributed by atoms with van der Waals surface area (Å²) >= 11 is 0. The molecule has 0 radical (unpaired) electrons. The van der Waals surface area contributed by atoms with E-state index < -0.39 is 0 Å². The molecule has 0 aromatic heterocycles. The van der Waals surface area contributed by atoms with Crippen molar-refractivity contribution in [2.24, 2.45) is 0 Å². The number of carbonyl (C=O) groups is 1. The molecule has 2 aliphatic carbocycles. The predicted octanol–water partition coefficient (Wildman–Crippen LogP) is 2.94. The maximum atomic E-state index is 11.7. The quantitative estimate of drug-likeness (QED) is 0.708. The zero-order valence-electron chi connectivity index (χ0n) is 9.43. The van der Waals surface area contributed by atoms with Crippen LogP contribution in [0.5, 0.6) is 0 Å². The lowest BCUT2D eigenvalue weighted by Gasteiger charge is -2.15. The highest BCUT2D eigenvalue weighted by Gasteiger charge is 2.17. The molecule has 1 N–H and O–H groups in total. The molecule has 84 valence electrons. The predicted molar refractivity (Wildman–Crippen MR) is 61.6 cm³/mol. The largest absolute Gasteiger partial charge is 0.353 e. The van der Waals surface area contributed by atoms with Gasteiger partial charge in [-0.05, 0) is 38.5 Å². The molecule has 0 spiro atoms. The van der Waals surface area contributed by atoms with Gasteiger partial charge in [-0.15, -0.1) is 0 Å². The van der Waals surface area contributed by atoms with Crippen molar-refractivity contribution in [1.29, 1.82) is 0 Å². The van der Waals surface area contributed by atoms with E-state index in [1.807, 2.05) is 0 Å². The minimum absolute atomic E-state index is 0.245. The molecule has 2 rings (SSSR count). The summed E-state index contributed by atoms with van der Waals surface area (Å²) in [7, 11) is 0.